The van der Waals surface area contributed by atoms with Gasteiger partial charge in [-0.25, -0.2) is 4.68 Å². The Kier molecular flexibility index (Phi) is 5.82. The molecule has 0 saturated carbocycles. The molecule has 1 saturated heterocycles. The number of para-hydroxylation sites is 1. The van der Waals surface area contributed by atoms with E-state index in [1.807, 2.05) is 59.0 Å². The minimum Gasteiger partial charge on any atom is -0.467 e. The third-order valence-corrected chi connectivity index (χ3v) is 6.16. The second-order valence-electron chi connectivity index (χ2n) is 8.67. The van der Waals surface area contributed by atoms with E-state index in [1.54, 1.807) is 0 Å². The van der Waals surface area contributed by atoms with Crippen LogP contribution in [0.2, 0.25) is 0 Å². The van der Waals surface area contributed by atoms with Gasteiger partial charge in [0.25, 0.3) is 5.91 Å². The van der Waals surface area contributed by atoms with Crippen molar-refractivity contribution < 1.29 is 9.53 Å². The maximum absolute atomic E-state index is 12.6. The zero-order valence-corrected chi connectivity index (χ0v) is 19.1. The van der Waals surface area contributed by atoms with Crippen molar-refractivity contribution in [1.82, 2.24) is 19.7 Å². The molecule has 2 aromatic carbocycles. The average molecular weight is 441 g/mol. The van der Waals surface area contributed by atoms with E-state index in [2.05, 4.69) is 25.1 Å². The molecule has 2 aromatic heterocycles. The number of hydrogen-bond acceptors (Lipinski definition) is 4. The molecule has 168 valence electrons. The molecule has 0 radical (unpaired) electrons. The molecule has 1 aliphatic rings. The molecule has 3 heterocycles. The van der Waals surface area contributed by atoms with Gasteiger partial charge in [-0.05, 0) is 56.9 Å². The lowest BCUT2D eigenvalue weighted by molar-refractivity contribution is -0.134. The van der Waals surface area contributed by atoms with Gasteiger partial charge >= 0.3 is 0 Å². The topological polar surface area (TPSA) is 60.2 Å². The van der Waals surface area contributed by atoms with Crippen molar-refractivity contribution in [2.45, 2.75) is 33.1 Å². The summed E-state index contributed by atoms with van der Waals surface area (Å²) in [6, 6.07) is 20.2. The quantitative estimate of drug-likeness (QED) is 0.433. The number of piperidine rings is 1. The number of nitrogens with zero attached hydrogens (tertiary/aromatic N) is 4. The zero-order valence-electron chi connectivity index (χ0n) is 19.1. The summed E-state index contributed by atoms with van der Waals surface area (Å²) >= 11 is 0. The van der Waals surface area contributed by atoms with Crippen LogP contribution in [0, 0.1) is 13.8 Å². The number of likely N-dealkylation sites (tertiary alicyclic amines) is 1. The van der Waals surface area contributed by atoms with Gasteiger partial charge in [-0.3, -0.25) is 4.79 Å². The highest BCUT2D eigenvalue weighted by Gasteiger charge is 2.20. The SMILES string of the molecule is Cc1cccc(-c2nn(-c3ccccc3)c3nc(OCC(=O)N4CCCCC4)cc(C)c23)c1. The van der Waals surface area contributed by atoms with Crippen LogP contribution in [0.1, 0.15) is 30.4 Å². The summed E-state index contributed by atoms with van der Waals surface area (Å²) in [5, 5.41) is 5.95. The Morgan fingerprint density at radius 2 is 1.76 bits per heavy atom. The lowest BCUT2D eigenvalue weighted by atomic mass is 10.0. The number of amides is 1. The van der Waals surface area contributed by atoms with Crippen molar-refractivity contribution in [3.63, 3.8) is 0 Å². The maximum Gasteiger partial charge on any atom is 0.260 e. The minimum absolute atomic E-state index is 0.00214. The van der Waals surface area contributed by atoms with Crippen LogP contribution in [-0.2, 0) is 4.79 Å². The van der Waals surface area contributed by atoms with Crippen molar-refractivity contribution in [3.8, 4) is 22.8 Å². The Hall–Kier alpha value is -3.67. The van der Waals surface area contributed by atoms with Crippen LogP contribution in [0.4, 0.5) is 0 Å². The van der Waals surface area contributed by atoms with Gasteiger partial charge in [-0.15, -0.1) is 0 Å². The predicted molar refractivity (Wildman–Crippen MR) is 130 cm³/mol. The molecule has 0 N–H and O–H groups in total. The fourth-order valence-corrected chi connectivity index (χ4v) is 4.46. The number of fused-ring (bicyclic) bond motifs is 1. The van der Waals surface area contributed by atoms with Gasteiger partial charge in [-0.1, -0.05) is 42.0 Å². The molecule has 1 fully saturated rings. The molecule has 4 aromatic rings. The monoisotopic (exact) mass is 440 g/mol. The number of carbonyl (C=O) groups excluding carboxylic acids is 1. The fraction of sp³-hybridized carbons (Fsp3) is 0.296. The number of rotatable bonds is 5. The summed E-state index contributed by atoms with van der Waals surface area (Å²) in [6.07, 6.45) is 3.31. The first-order chi connectivity index (χ1) is 16.1. The first kappa shape index (κ1) is 21.2. The lowest BCUT2D eigenvalue weighted by Crippen LogP contribution is -2.38. The first-order valence-electron chi connectivity index (χ1n) is 11.5. The molecule has 0 aliphatic carbocycles. The summed E-state index contributed by atoms with van der Waals surface area (Å²) in [5.41, 5.74) is 5.77. The molecule has 0 spiro atoms. The van der Waals surface area contributed by atoms with Gasteiger partial charge in [0.1, 0.15) is 5.69 Å². The highest BCUT2D eigenvalue weighted by molar-refractivity contribution is 5.95. The number of aromatic nitrogens is 3. The van der Waals surface area contributed by atoms with Crippen LogP contribution in [0.5, 0.6) is 5.88 Å². The number of carbonyl (C=O) groups is 1. The third kappa shape index (κ3) is 4.33. The molecular formula is C27H28N4O2. The van der Waals surface area contributed by atoms with Gasteiger partial charge in [0.05, 0.1) is 11.1 Å². The summed E-state index contributed by atoms with van der Waals surface area (Å²) < 4.78 is 7.75. The van der Waals surface area contributed by atoms with Crippen molar-refractivity contribution in [2.24, 2.45) is 0 Å². The molecule has 6 nitrogen and oxygen atoms in total. The molecule has 33 heavy (non-hydrogen) atoms. The number of aryl methyl sites for hydroxylation is 2. The van der Waals surface area contributed by atoms with Crippen molar-refractivity contribution >= 4 is 16.9 Å². The third-order valence-electron chi connectivity index (χ3n) is 6.16. The number of benzene rings is 2. The fourth-order valence-electron chi connectivity index (χ4n) is 4.46. The molecular weight excluding hydrogens is 412 g/mol. The van der Waals surface area contributed by atoms with Gasteiger partial charge in [0, 0.05) is 24.7 Å². The highest BCUT2D eigenvalue weighted by atomic mass is 16.5. The normalized spacial score (nSPS) is 13.9. The predicted octanol–water partition coefficient (Wildman–Crippen LogP) is 5.10. The van der Waals surface area contributed by atoms with E-state index in [0.717, 1.165) is 59.5 Å². The molecule has 1 amide bonds. The molecule has 1 aliphatic heterocycles. The first-order valence-corrected chi connectivity index (χ1v) is 11.5. The van der Waals surface area contributed by atoms with Crippen LogP contribution >= 0.6 is 0 Å². The van der Waals surface area contributed by atoms with E-state index in [4.69, 9.17) is 14.8 Å². The van der Waals surface area contributed by atoms with E-state index in [9.17, 15) is 4.79 Å². The van der Waals surface area contributed by atoms with Crippen molar-refractivity contribution in [2.75, 3.05) is 19.7 Å². The number of hydrogen-bond donors (Lipinski definition) is 0. The van der Waals surface area contributed by atoms with Crippen LogP contribution in [0.3, 0.4) is 0 Å². The van der Waals surface area contributed by atoms with Gasteiger partial charge in [0.2, 0.25) is 5.88 Å². The van der Waals surface area contributed by atoms with E-state index in [1.165, 1.54) is 12.0 Å². The number of pyridine rings is 1. The smallest absolute Gasteiger partial charge is 0.260 e. The van der Waals surface area contributed by atoms with Crippen LogP contribution in [0.15, 0.2) is 60.7 Å². The van der Waals surface area contributed by atoms with E-state index in [0.29, 0.717) is 5.88 Å². The Balaban J connectivity index is 1.55. The Bertz CT molecular complexity index is 1290. The van der Waals surface area contributed by atoms with Crippen molar-refractivity contribution in [3.05, 3.63) is 71.8 Å². The molecule has 0 bridgehead atoms. The lowest BCUT2D eigenvalue weighted by Gasteiger charge is -2.26. The van der Waals surface area contributed by atoms with Crippen molar-refractivity contribution in [1.29, 1.82) is 0 Å². The Morgan fingerprint density at radius 1 is 0.970 bits per heavy atom. The second kappa shape index (κ2) is 9.06. The maximum atomic E-state index is 12.6. The standard InChI is InChI=1S/C27H28N4O2/c1-19-10-9-11-21(16-19)26-25-20(2)17-23(33-18-24(32)30-14-7-4-8-15-30)28-27(25)31(29-26)22-12-5-3-6-13-22/h3,5-6,9-13,16-17H,4,7-8,14-15,18H2,1-2H3. The van der Waals surface area contributed by atoms with E-state index in [-0.39, 0.29) is 12.5 Å². The van der Waals surface area contributed by atoms with E-state index >= 15 is 0 Å². The number of ether oxygens (including phenoxy) is 1. The largest absolute Gasteiger partial charge is 0.467 e. The summed E-state index contributed by atoms with van der Waals surface area (Å²) in [4.78, 5) is 19.3. The van der Waals surface area contributed by atoms with Gasteiger partial charge in [0.15, 0.2) is 12.3 Å². The zero-order chi connectivity index (χ0) is 22.8. The Labute approximate surface area is 193 Å². The molecule has 0 atom stereocenters. The average Bonchev–Trinajstić information content (AvgIpc) is 3.24. The highest BCUT2D eigenvalue weighted by Crippen LogP contribution is 2.33. The minimum atomic E-state index is 0.00214. The Morgan fingerprint density at radius 3 is 2.52 bits per heavy atom. The van der Waals surface area contributed by atoms with Crippen LogP contribution in [0.25, 0.3) is 28.0 Å². The molecule has 5 rings (SSSR count). The summed E-state index contributed by atoms with van der Waals surface area (Å²) in [7, 11) is 0. The van der Waals surface area contributed by atoms with Crippen LogP contribution in [-0.4, -0.2) is 45.3 Å². The summed E-state index contributed by atoms with van der Waals surface area (Å²) in [5.74, 6) is 0.462. The van der Waals surface area contributed by atoms with Gasteiger partial charge < -0.3 is 9.64 Å². The van der Waals surface area contributed by atoms with E-state index < -0.39 is 0 Å². The molecule has 0 unspecified atom stereocenters. The molecule has 6 heteroatoms. The van der Waals surface area contributed by atoms with Crippen LogP contribution < -0.4 is 4.74 Å². The summed E-state index contributed by atoms with van der Waals surface area (Å²) in [6.45, 7) is 5.75. The second-order valence-corrected chi connectivity index (χ2v) is 8.67. The van der Waals surface area contributed by atoms with Gasteiger partial charge in [-0.2, -0.15) is 10.1 Å².